The molecule has 0 spiro atoms. The maximum atomic E-state index is 10.7. The Hall–Kier alpha value is -1.57. The van der Waals surface area contributed by atoms with Gasteiger partial charge in [0.05, 0.1) is 0 Å². The van der Waals surface area contributed by atoms with Crippen molar-refractivity contribution in [2.24, 2.45) is 0 Å². The molecule has 7 heteroatoms. The van der Waals surface area contributed by atoms with E-state index >= 15 is 0 Å². The van der Waals surface area contributed by atoms with Crippen molar-refractivity contribution in [1.29, 1.82) is 0 Å². The van der Waals surface area contributed by atoms with Crippen molar-refractivity contribution in [2.75, 3.05) is 26.1 Å². The van der Waals surface area contributed by atoms with Crippen LogP contribution in [0.4, 0.5) is 0 Å². The van der Waals surface area contributed by atoms with Crippen LogP contribution in [0.5, 0.6) is 0 Å². The molecule has 1 aromatic rings. The first-order valence-corrected chi connectivity index (χ1v) is 8.68. The lowest BCUT2D eigenvalue weighted by Gasteiger charge is -2.10. The van der Waals surface area contributed by atoms with Gasteiger partial charge in [-0.3, -0.25) is 9.59 Å². The van der Waals surface area contributed by atoms with E-state index in [9.17, 15) is 9.59 Å². The number of carboxylic acid groups (broad SMARTS) is 2. The summed E-state index contributed by atoms with van der Waals surface area (Å²) in [6.45, 7) is 0. The molecular weight excluding hydrogens is 316 g/mol. The summed E-state index contributed by atoms with van der Waals surface area (Å²) in [6.07, 6.45) is 3.17. The number of likely N-dealkylation sites (N-methyl/N-ethyl adjacent to an activating group) is 2. The molecule has 0 aliphatic carbocycles. The van der Waals surface area contributed by atoms with Gasteiger partial charge in [-0.05, 0) is 44.5 Å². The molecule has 23 heavy (non-hydrogen) atoms. The average molecular weight is 342 g/mol. The van der Waals surface area contributed by atoms with Crippen LogP contribution >= 0.6 is 11.8 Å². The minimum absolute atomic E-state index is 0.382. The van der Waals surface area contributed by atoms with Crippen LogP contribution < -0.4 is 10.6 Å². The molecule has 6 nitrogen and oxygen atoms in total. The van der Waals surface area contributed by atoms with Crippen molar-refractivity contribution in [1.82, 2.24) is 10.6 Å². The Morgan fingerprint density at radius 3 is 1.96 bits per heavy atom. The molecule has 0 unspecified atom stereocenters. The lowest BCUT2D eigenvalue weighted by Crippen LogP contribution is -2.35. The third-order valence-corrected chi connectivity index (χ3v) is 3.83. The topological polar surface area (TPSA) is 98.7 Å². The van der Waals surface area contributed by atoms with E-state index in [1.807, 2.05) is 36.6 Å². The maximum Gasteiger partial charge on any atom is 0.321 e. The highest BCUT2D eigenvalue weighted by Crippen LogP contribution is 2.02. The standard InChI is InChI=1S/C10H13NO2.C6H13NO2S/c1-11-9(10(12)13)7-8-5-3-2-4-6-8;1-7-5(6(8)9)3-4-10-2/h2-6,9,11H,7H2,1H3,(H,12,13);5,7H,3-4H2,1-2H3,(H,8,9)/t9-;5-/m00/s1. The van der Waals surface area contributed by atoms with Crippen LogP contribution in [0, 0.1) is 0 Å². The summed E-state index contributed by atoms with van der Waals surface area (Å²) in [5, 5.41) is 22.8. The molecular formula is C16H26N2O4S. The van der Waals surface area contributed by atoms with Crippen LogP contribution in [-0.4, -0.2) is 60.3 Å². The molecule has 0 aliphatic rings. The van der Waals surface area contributed by atoms with Crippen molar-refractivity contribution >= 4 is 23.7 Å². The third-order valence-electron chi connectivity index (χ3n) is 3.19. The molecule has 0 bridgehead atoms. The summed E-state index contributed by atoms with van der Waals surface area (Å²) >= 11 is 1.66. The molecule has 0 heterocycles. The second-order valence-corrected chi connectivity index (χ2v) is 5.82. The van der Waals surface area contributed by atoms with E-state index in [2.05, 4.69) is 10.6 Å². The van der Waals surface area contributed by atoms with E-state index in [0.29, 0.717) is 12.8 Å². The van der Waals surface area contributed by atoms with Gasteiger partial charge in [0.25, 0.3) is 0 Å². The molecule has 1 aromatic carbocycles. The number of hydrogen-bond donors (Lipinski definition) is 4. The normalized spacial score (nSPS) is 12.7. The first-order chi connectivity index (χ1) is 11.0. The second-order valence-electron chi connectivity index (χ2n) is 4.83. The Morgan fingerprint density at radius 2 is 1.57 bits per heavy atom. The summed E-state index contributed by atoms with van der Waals surface area (Å²) in [6, 6.07) is 8.70. The summed E-state index contributed by atoms with van der Waals surface area (Å²) in [5.41, 5.74) is 1.03. The van der Waals surface area contributed by atoms with E-state index in [0.717, 1.165) is 11.3 Å². The molecule has 0 saturated heterocycles. The SMILES string of the molecule is CN[C@@H](CCSC)C(=O)O.CN[C@@H](Cc1ccccc1)C(=O)O. The van der Waals surface area contributed by atoms with Crippen LogP contribution in [-0.2, 0) is 16.0 Å². The molecule has 0 saturated carbocycles. The minimum Gasteiger partial charge on any atom is -0.480 e. The van der Waals surface area contributed by atoms with Crippen LogP contribution in [0.1, 0.15) is 12.0 Å². The number of rotatable bonds is 9. The number of thioether (sulfide) groups is 1. The van der Waals surface area contributed by atoms with Gasteiger partial charge >= 0.3 is 11.9 Å². The van der Waals surface area contributed by atoms with Crippen molar-refractivity contribution in [3.05, 3.63) is 35.9 Å². The summed E-state index contributed by atoms with van der Waals surface area (Å²) in [4.78, 5) is 21.0. The van der Waals surface area contributed by atoms with E-state index in [1.54, 1.807) is 25.9 Å². The van der Waals surface area contributed by atoms with E-state index in [-0.39, 0.29) is 6.04 Å². The van der Waals surface area contributed by atoms with Crippen molar-refractivity contribution in [2.45, 2.75) is 24.9 Å². The van der Waals surface area contributed by atoms with Crippen LogP contribution in [0.25, 0.3) is 0 Å². The van der Waals surface area contributed by atoms with Crippen molar-refractivity contribution < 1.29 is 19.8 Å². The number of benzene rings is 1. The lowest BCUT2D eigenvalue weighted by molar-refractivity contribution is -0.140. The Morgan fingerprint density at radius 1 is 1.04 bits per heavy atom. The van der Waals surface area contributed by atoms with Gasteiger partial charge in [-0.15, -0.1) is 0 Å². The van der Waals surface area contributed by atoms with Crippen LogP contribution in [0.15, 0.2) is 30.3 Å². The fraction of sp³-hybridized carbons (Fsp3) is 0.500. The van der Waals surface area contributed by atoms with E-state index in [4.69, 9.17) is 10.2 Å². The average Bonchev–Trinajstić information content (AvgIpc) is 2.54. The fourth-order valence-corrected chi connectivity index (χ4v) is 2.26. The van der Waals surface area contributed by atoms with Gasteiger partial charge in [0.1, 0.15) is 12.1 Å². The molecule has 1 rings (SSSR count). The Bertz CT molecular complexity index is 457. The molecule has 130 valence electrons. The number of carbonyl (C=O) groups is 2. The van der Waals surface area contributed by atoms with Gasteiger partial charge in [0.15, 0.2) is 0 Å². The molecule has 0 aromatic heterocycles. The lowest BCUT2D eigenvalue weighted by atomic mass is 10.1. The van der Waals surface area contributed by atoms with Crippen LogP contribution in [0.2, 0.25) is 0 Å². The fourth-order valence-electron chi connectivity index (χ4n) is 1.79. The summed E-state index contributed by atoms with van der Waals surface area (Å²) in [5.74, 6) is -0.694. The van der Waals surface area contributed by atoms with Gasteiger partial charge in [0, 0.05) is 0 Å². The zero-order valence-electron chi connectivity index (χ0n) is 13.8. The van der Waals surface area contributed by atoms with Gasteiger partial charge in [0.2, 0.25) is 0 Å². The van der Waals surface area contributed by atoms with Crippen molar-refractivity contribution in [3.63, 3.8) is 0 Å². The molecule has 0 fully saturated rings. The second kappa shape index (κ2) is 12.9. The highest BCUT2D eigenvalue weighted by molar-refractivity contribution is 7.98. The molecule has 0 aliphatic heterocycles. The molecule has 4 N–H and O–H groups in total. The maximum absolute atomic E-state index is 10.7. The molecule has 0 amide bonds. The predicted octanol–water partition coefficient (Wildman–Crippen LogP) is 1.31. The smallest absolute Gasteiger partial charge is 0.321 e. The van der Waals surface area contributed by atoms with Gasteiger partial charge in [-0.25, -0.2) is 0 Å². The van der Waals surface area contributed by atoms with Gasteiger partial charge < -0.3 is 20.8 Å². The largest absolute Gasteiger partial charge is 0.480 e. The minimum atomic E-state index is -0.814. The summed E-state index contributed by atoms with van der Waals surface area (Å²) < 4.78 is 0. The monoisotopic (exact) mass is 342 g/mol. The zero-order valence-corrected chi connectivity index (χ0v) is 14.6. The Labute approximate surface area is 141 Å². The van der Waals surface area contributed by atoms with Crippen molar-refractivity contribution in [3.8, 4) is 0 Å². The van der Waals surface area contributed by atoms with Gasteiger partial charge in [-0.1, -0.05) is 30.3 Å². The number of hydrogen-bond acceptors (Lipinski definition) is 5. The summed E-state index contributed by atoms with van der Waals surface area (Å²) in [7, 11) is 3.32. The van der Waals surface area contributed by atoms with Crippen LogP contribution in [0.3, 0.4) is 0 Å². The molecule has 0 radical (unpaired) electrons. The zero-order chi connectivity index (χ0) is 17.7. The highest BCUT2D eigenvalue weighted by atomic mass is 32.2. The Kier molecular flexibility index (Phi) is 12.0. The number of carboxylic acids is 2. The number of aliphatic carboxylic acids is 2. The first-order valence-electron chi connectivity index (χ1n) is 7.29. The first kappa shape index (κ1) is 21.4. The number of nitrogens with one attached hydrogen (secondary N) is 2. The molecule has 2 atom stereocenters. The van der Waals surface area contributed by atoms with E-state index < -0.39 is 18.0 Å². The quantitative estimate of drug-likeness (QED) is 0.537. The highest BCUT2D eigenvalue weighted by Gasteiger charge is 2.14. The van der Waals surface area contributed by atoms with Gasteiger partial charge in [-0.2, -0.15) is 11.8 Å². The predicted molar refractivity (Wildman–Crippen MR) is 94.1 cm³/mol. The third kappa shape index (κ3) is 9.93. The Balaban J connectivity index is 0.000000438. The van der Waals surface area contributed by atoms with E-state index in [1.165, 1.54) is 0 Å².